The van der Waals surface area contributed by atoms with E-state index in [0.717, 1.165) is 5.56 Å². The molecule has 0 fully saturated rings. The number of esters is 1. The molecule has 5 heteroatoms. The fourth-order valence-corrected chi connectivity index (χ4v) is 2.61. The van der Waals surface area contributed by atoms with E-state index < -0.39 is 14.3 Å². The van der Waals surface area contributed by atoms with Gasteiger partial charge in [-0.3, -0.25) is 0 Å². The van der Waals surface area contributed by atoms with E-state index in [1.807, 2.05) is 19.1 Å². The lowest BCUT2D eigenvalue weighted by Crippen LogP contribution is -2.44. The van der Waals surface area contributed by atoms with Crippen LogP contribution in [0, 0.1) is 18.3 Å². The van der Waals surface area contributed by atoms with Crippen molar-refractivity contribution in [2.45, 2.75) is 45.8 Å². The standard InChI is InChI=1S/C16H23NO3Si/c1-12-8-7-9-13(14(12)15(18)19-11-10-17)20-21(5,6)16(2,3)4/h7-9H,11H2,1-6H3. The SMILES string of the molecule is Cc1cccc(O[Si](C)(C)C(C)(C)C)c1C(=O)OCC#N. The molecule has 0 unspecified atom stereocenters. The van der Waals surface area contributed by atoms with Gasteiger partial charge in [0.2, 0.25) is 0 Å². The molecule has 0 N–H and O–H groups in total. The van der Waals surface area contributed by atoms with Crippen LogP contribution < -0.4 is 4.43 Å². The van der Waals surface area contributed by atoms with Crippen molar-refractivity contribution in [3.63, 3.8) is 0 Å². The van der Waals surface area contributed by atoms with Crippen molar-refractivity contribution in [3.8, 4) is 11.8 Å². The fourth-order valence-electron chi connectivity index (χ4n) is 1.59. The Morgan fingerprint density at radius 3 is 2.48 bits per heavy atom. The second-order valence-corrected chi connectivity index (χ2v) is 11.3. The molecule has 1 rings (SSSR count). The first kappa shape index (κ1) is 17.2. The zero-order valence-electron chi connectivity index (χ0n) is 13.6. The smallest absolute Gasteiger partial charge is 0.343 e. The van der Waals surface area contributed by atoms with Crippen molar-refractivity contribution in [3.05, 3.63) is 29.3 Å². The molecular formula is C16H23NO3Si. The van der Waals surface area contributed by atoms with Crippen LogP contribution >= 0.6 is 0 Å². The topological polar surface area (TPSA) is 59.3 Å². The molecule has 4 nitrogen and oxygen atoms in total. The van der Waals surface area contributed by atoms with Crippen LogP contribution in [0.3, 0.4) is 0 Å². The summed E-state index contributed by atoms with van der Waals surface area (Å²) in [4.78, 5) is 12.1. The van der Waals surface area contributed by atoms with Gasteiger partial charge in [0.25, 0.3) is 8.32 Å². The Labute approximate surface area is 127 Å². The predicted octanol–water partition coefficient (Wildman–Crippen LogP) is 4.06. The molecular weight excluding hydrogens is 282 g/mol. The minimum atomic E-state index is -2.05. The van der Waals surface area contributed by atoms with E-state index in [0.29, 0.717) is 11.3 Å². The van der Waals surface area contributed by atoms with Gasteiger partial charge in [0.15, 0.2) is 6.61 Å². The van der Waals surface area contributed by atoms with Crippen LogP contribution in [0.15, 0.2) is 18.2 Å². The number of hydrogen-bond acceptors (Lipinski definition) is 4. The Hall–Kier alpha value is -1.80. The third kappa shape index (κ3) is 4.08. The van der Waals surface area contributed by atoms with Crippen LogP contribution in [0.25, 0.3) is 0 Å². The molecule has 0 amide bonds. The van der Waals surface area contributed by atoms with Gasteiger partial charge >= 0.3 is 5.97 Å². The second kappa shape index (κ2) is 6.31. The van der Waals surface area contributed by atoms with Crippen LogP contribution in [0.2, 0.25) is 18.1 Å². The molecule has 0 aromatic heterocycles. The van der Waals surface area contributed by atoms with E-state index in [2.05, 4.69) is 33.9 Å². The Kier molecular flexibility index (Phi) is 5.19. The molecule has 0 heterocycles. The number of nitriles is 1. The Balaban J connectivity index is 3.18. The van der Waals surface area contributed by atoms with Crippen molar-refractivity contribution >= 4 is 14.3 Å². The van der Waals surface area contributed by atoms with Crippen molar-refractivity contribution < 1.29 is 14.0 Å². The molecule has 0 aliphatic carbocycles. The largest absolute Gasteiger partial charge is 0.543 e. The predicted molar refractivity (Wildman–Crippen MR) is 84.9 cm³/mol. The number of carbonyl (C=O) groups is 1. The highest BCUT2D eigenvalue weighted by atomic mass is 28.4. The number of rotatable bonds is 4. The van der Waals surface area contributed by atoms with Crippen LogP contribution in [-0.4, -0.2) is 20.9 Å². The molecule has 0 aliphatic heterocycles. The normalized spacial score (nSPS) is 11.7. The summed E-state index contributed by atoms with van der Waals surface area (Å²) in [6.07, 6.45) is 0. The lowest BCUT2D eigenvalue weighted by Gasteiger charge is -2.37. The van der Waals surface area contributed by atoms with Gasteiger partial charge in [0, 0.05) is 0 Å². The average molecular weight is 305 g/mol. The molecule has 0 saturated carbocycles. The number of benzene rings is 1. The summed E-state index contributed by atoms with van der Waals surface area (Å²) < 4.78 is 11.2. The van der Waals surface area contributed by atoms with Crippen molar-refractivity contribution in [1.82, 2.24) is 0 Å². The monoisotopic (exact) mass is 305 g/mol. The fraction of sp³-hybridized carbons (Fsp3) is 0.500. The van der Waals surface area contributed by atoms with E-state index >= 15 is 0 Å². The third-order valence-electron chi connectivity index (χ3n) is 3.88. The van der Waals surface area contributed by atoms with E-state index in [-0.39, 0.29) is 11.6 Å². The quantitative estimate of drug-likeness (QED) is 0.621. The minimum absolute atomic E-state index is 0.0323. The molecule has 1 aromatic carbocycles. The van der Waals surface area contributed by atoms with Gasteiger partial charge in [-0.25, -0.2) is 4.79 Å². The summed E-state index contributed by atoms with van der Waals surface area (Å²) in [6, 6.07) is 7.29. The van der Waals surface area contributed by atoms with Gasteiger partial charge in [-0.05, 0) is 36.7 Å². The second-order valence-electron chi connectivity index (χ2n) is 6.54. The van der Waals surface area contributed by atoms with Crippen LogP contribution in [0.4, 0.5) is 0 Å². The molecule has 0 aliphatic rings. The Morgan fingerprint density at radius 1 is 1.33 bits per heavy atom. The molecule has 0 saturated heterocycles. The summed E-state index contributed by atoms with van der Waals surface area (Å²) in [6.45, 7) is 12.3. The van der Waals surface area contributed by atoms with E-state index in [4.69, 9.17) is 14.4 Å². The molecule has 0 spiro atoms. The molecule has 0 bridgehead atoms. The van der Waals surface area contributed by atoms with Crippen LogP contribution in [0.5, 0.6) is 5.75 Å². The van der Waals surface area contributed by atoms with E-state index in [9.17, 15) is 4.79 Å². The van der Waals surface area contributed by atoms with E-state index in [1.165, 1.54) is 0 Å². The van der Waals surface area contributed by atoms with Gasteiger partial charge in [-0.1, -0.05) is 32.9 Å². The lowest BCUT2D eigenvalue weighted by atomic mass is 10.1. The van der Waals surface area contributed by atoms with Gasteiger partial charge in [-0.15, -0.1) is 0 Å². The summed E-state index contributed by atoms with van der Waals surface area (Å²) in [5.74, 6) is 0.0351. The molecule has 114 valence electrons. The Bertz CT molecular complexity index is 568. The maximum absolute atomic E-state index is 12.1. The maximum Gasteiger partial charge on any atom is 0.343 e. The average Bonchev–Trinajstić information content (AvgIpc) is 2.34. The first-order valence-corrected chi connectivity index (χ1v) is 9.83. The van der Waals surface area contributed by atoms with Gasteiger partial charge < -0.3 is 9.16 Å². The highest BCUT2D eigenvalue weighted by Gasteiger charge is 2.39. The molecule has 1 aromatic rings. The first-order chi connectivity index (χ1) is 9.60. The zero-order chi connectivity index (χ0) is 16.3. The van der Waals surface area contributed by atoms with Crippen LogP contribution in [-0.2, 0) is 4.74 Å². The number of carbonyl (C=O) groups excluding carboxylic acids is 1. The third-order valence-corrected chi connectivity index (χ3v) is 8.22. The molecule has 21 heavy (non-hydrogen) atoms. The minimum Gasteiger partial charge on any atom is -0.543 e. The first-order valence-electron chi connectivity index (χ1n) is 6.93. The van der Waals surface area contributed by atoms with Crippen molar-refractivity contribution in [1.29, 1.82) is 5.26 Å². The summed E-state index contributed by atoms with van der Waals surface area (Å²) >= 11 is 0. The van der Waals surface area contributed by atoms with Crippen molar-refractivity contribution in [2.24, 2.45) is 0 Å². The maximum atomic E-state index is 12.1. The zero-order valence-corrected chi connectivity index (χ0v) is 14.6. The van der Waals surface area contributed by atoms with Crippen molar-refractivity contribution in [2.75, 3.05) is 6.61 Å². The lowest BCUT2D eigenvalue weighted by molar-refractivity contribution is 0.0552. The highest BCUT2D eigenvalue weighted by molar-refractivity contribution is 6.74. The number of aryl methyl sites for hydroxylation is 1. The number of ether oxygens (including phenoxy) is 1. The molecule has 0 radical (unpaired) electrons. The van der Waals surface area contributed by atoms with E-state index in [1.54, 1.807) is 12.1 Å². The van der Waals surface area contributed by atoms with Gasteiger partial charge in [0.1, 0.15) is 17.4 Å². The highest BCUT2D eigenvalue weighted by Crippen LogP contribution is 2.38. The van der Waals surface area contributed by atoms with Gasteiger partial charge in [0.05, 0.1) is 0 Å². The summed E-state index contributed by atoms with van der Waals surface area (Å²) in [5.41, 5.74) is 1.20. The number of hydrogen-bond donors (Lipinski definition) is 0. The molecule has 0 atom stereocenters. The number of nitrogens with zero attached hydrogens (tertiary/aromatic N) is 1. The van der Waals surface area contributed by atoms with Gasteiger partial charge in [-0.2, -0.15) is 5.26 Å². The summed E-state index contributed by atoms with van der Waals surface area (Å²) in [5, 5.41) is 8.57. The van der Waals surface area contributed by atoms with Crippen LogP contribution in [0.1, 0.15) is 36.7 Å². The summed E-state index contributed by atoms with van der Waals surface area (Å²) in [7, 11) is -2.05. The Morgan fingerprint density at radius 2 is 1.95 bits per heavy atom.